The number of ether oxygens (including phenoxy) is 1. The SMILES string of the molecule is CNC[C@H]1CC[C@@H]2C(O1)c1cc(Cl)cc(F)c1N[C@@H]2c1ccccc1. The maximum Gasteiger partial charge on any atom is 0.148 e. The monoisotopic (exact) mass is 360 g/mol. The number of anilines is 1. The Morgan fingerprint density at radius 1 is 1.24 bits per heavy atom. The first kappa shape index (κ1) is 16.8. The third-order valence-corrected chi connectivity index (χ3v) is 5.48. The number of nitrogens with one attached hydrogen (secondary N) is 2. The van der Waals surface area contributed by atoms with E-state index in [-0.39, 0.29) is 30.0 Å². The van der Waals surface area contributed by atoms with E-state index in [4.69, 9.17) is 16.3 Å². The summed E-state index contributed by atoms with van der Waals surface area (Å²) in [6.45, 7) is 0.797. The van der Waals surface area contributed by atoms with Crippen LogP contribution in [0.5, 0.6) is 0 Å². The van der Waals surface area contributed by atoms with Gasteiger partial charge >= 0.3 is 0 Å². The lowest BCUT2D eigenvalue weighted by molar-refractivity contribution is -0.0912. The molecule has 0 radical (unpaired) electrons. The molecule has 4 atom stereocenters. The fourth-order valence-electron chi connectivity index (χ4n) is 4.15. The van der Waals surface area contributed by atoms with Crippen LogP contribution >= 0.6 is 11.6 Å². The minimum absolute atomic E-state index is 0.0323. The first-order valence-corrected chi connectivity index (χ1v) is 9.15. The summed E-state index contributed by atoms with van der Waals surface area (Å²) in [5.74, 6) is -0.0675. The predicted octanol–water partition coefficient (Wildman–Crippen LogP) is 4.70. The molecule has 0 bridgehead atoms. The lowest BCUT2D eigenvalue weighted by atomic mass is 9.76. The molecule has 1 saturated heterocycles. The van der Waals surface area contributed by atoms with Crippen molar-refractivity contribution in [2.24, 2.45) is 5.92 Å². The standard InChI is InChI=1S/C20H22ClFN2O/c1-23-11-14-7-8-15-18(12-5-3-2-4-6-12)24-19-16(20(15)25-14)9-13(21)10-17(19)22/h2-6,9-10,14-15,18,20,23-24H,7-8,11H2,1H3/t14-,15+,18-,20?/m1/s1. The zero-order chi connectivity index (χ0) is 17.4. The molecular formula is C20H22ClFN2O. The van der Waals surface area contributed by atoms with Gasteiger partial charge in [0.1, 0.15) is 5.82 Å². The van der Waals surface area contributed by atoms with Crippen molar-refractivity contribution in [2.45, 2.75) is 31.1 Å². The van der Waals surface area contributed by atoms with Gasteiger partial charge in [0.15, 0.2) is 0 Å². The minimum atomic E-state index is -0.318. The molecule has 25 heavy (non-hydrogen) atoms. The van der Waals surface area contributed by atoms with Crippen molar-refractivity contribution in [3.8, 4) is 0 Å². The predicted molar refractivity (Wildman–Crippen MR) is 98.5 cm³/mol. The van der Waals surface area contributed by atoms with E-state index in [1.165, 1.54) is 6.07 Å². The summed E-state index contributed by atoms with van der Waals surface area (Å²) in [4.78, 5) is 0. The molecule has 2 heterocycles. The number of halogens is 2. The first-order valence-electron chi connectivity index (χ1n) is 8.78. The highest BCUT2D eigenvalue weighted by Crippen LogP contribution is 2.51. The Hall–Kier alpha value is -1.62. The second-order valence-corrected chi connectivity index (χ2v) is 7.30. The van der Waals surface area contributed by atoms with Crippen LogP contribution in [0.1, 0.15) is 36.1 Å². The maximum absolute atomic E-state index is 14.6. The smallest absolute Gasteiger partial charge is 0.148 e. The van der Waals surface area contributed by atoms with Gasteiger partial charge in [0.25, 0.3) is 0 Å². The van der Waals surface area contributed by atoms with Crippen LogP contribution in [0.15, 0.2) is 42.5 Å². The second-order valence-electron chi connectivity index (χ2n) is 6.86. The molecule has 1 fully saturated rings. The van der Waals surface area contributed by atoms with E-state index in [1.807, 2.05) is 31.3 Å². The normalized spacial score (nSPS) is 28.0. The number of hydrogen-bond acceptors (Lipinski definition) is 3. The molecule has 132 valence electrons. The number of rotatable bonds is 3. The van der Waals surface area contributed by atoms with Crippen molar-refractivity contribution < 1.29 is 9.13 Å². The van der Waals surface area contributed by atoms with Gasteiger partial charge in [-0.1, -0.05) is 41.9 Å². The summed E-state index contributed by atoms with van der Waals surface area (Å²) >= 11 is 6.13. The van der Waals surface area contributed by atoms with Crippen LogP contribution in [0.25, 0.3) is 0 Å². The number of fused-ring (bicyclic) bond motifs is 3. The summed E-state index contributed by atoms with van der Waals surface area (Å²) in [5, 5.41) is 7.02. The van der Waals surface area contributed by atoms with Gasteiger partial charge in [-0.2, -0.15) is 0 Å². The Labute approximate surface area is 152 Å². The topological polar surface area (TPSA) is 33.3 Å². The van der Waals surface area contributed by atoms with E-state index >= 15 is 0 Å². The summed E-state index contributed by atoms with van der Waals surface area (Å²) in [6, 6.07) is 13.5. The summed E-state index contributed by atoms with van der Waals surface area (Å²) in [7, 11) is 1.93. The lowest BCUT2D eigenvalue weighted by Gasteiger charge is -2.45. The highest BCUT2D eigenvalue weighted by Gasteiger charge is 2.43. The molecule has 2 aliphatic heterocycles. The largest absolute Gasteiger partial charge is 0.375 e. The quantitative estimate of drug-likeness (QED) is 0.832. The average molecular weight is 361 g/mol. The Kier molecular flexibility index (Phi) is 4.67. The Balaban J connectivity index is 1.77. The Morgan fingerprint density at radius 3 is 2.80 bits per heavy atom. The number of likely N-dealkylation sites (N-methyl/N-ethyl adjacent to an activating group) is 1. The fraction of sp³-hybridized carbons (Fsp3) is 0.400. The van der Waals surface area contributed by atoms with Crippen molar-refractivity contribution in [3.05, 3.63) is 64.4 Å². The molecule has 0 amide bonds. The zero-order valence-electron chi connectivity index (χ0n) is 14.1. The molecule has 2 aromatic carbocycles. The molecule has 0 aliphatic carbocycles. The van der Waals surface area contributed by atoms with Crippen molar-refractivity contribution in [3.63, 3.8) is 0 Å². The molecule has 3 nitrogen and oxygen atoms in total. The number of benzene rings is 2. The molecule has 5 heteroatoms. The minimum Gasteiger partial charge on any atom is -0.375 e. The van der Waals surface area contributed by atoms with E-state index < -0.39 is 0 Å². The molecular weight excluding hydrogens is 339 g/mol. The third-order valence-electron chi connectivity index (χ3n) is 5.26. The van der Waals surface area contributed by atoms with Gasteiger partial charge in [-0.15, -0.1) is 0 Å². The van der Waals surface area contributed by atoms with Gasteiger partial charge in [0.2, 0.25) is 0 Å². The zero-order valence-corrected chi connectivity index (χ0v) is 14.9. The summed E-state index contributed by atoms with van der Waals surface area (Å²) in [5.41, 5.74) is 2.51. The Bertz CT molecular complexity index is 755. The van der Waals surface area contributed by atoms with E-state index in [2.05, 4.69) is 22.8 Å². The van der Waals surface area contributed by atoms with Gasteiger partial charge in [-0.3, -0.25) is 0 Å². The van der Waals surface area contributed by atoms with Gasteiger partial charge in [-0.25, -0.2) is 4.39 Å². The molecule has 0 aromatic heterocycles. The van der Waals surface area contributed by atoms with Crippen LogP contribution in [0, 0.1) is 11.7 Å². The second kappa shape index (κ2) is 6.94. The highest BCUT2D eigenvalue weighted by atomic mass is 35.5. The Morgan fingerprint density at radius 2 is 2.04 bits per heavy atom. The van der Waals surface area contributed by atoms with Gasteiger partial charge in [0.05, 0.1) is 23.9 Å². The number of hydrogen-bond donors (Lipinski definition) is 2. The van der Waals surface area contributed by atoms with E-state index in [1.54, 1.807) is 0 Å². The lowest BCUT2D eigenvalue weighted by Crippen LogP contribution is -2.41. The van der Waals surface area contributed by atoms with Crippen molar-refractivity contribution in [1.82, 2.24) is 5.32 Å². The van der Waals surface area contributed by atoms with E-state index in [0.29, 0.717) is 10.7 Å². The molecule has 2 aliphatic rings. The van der Waals surface area contributed by atoms with E-state index in [9.17, 15) is 4.39 Å². The molecule has 1 unspecified atom stereocenters. The van der Waals surface area contributed by atoms with E-state index in [0.717, 1.165) is 30.5 Å². The third kappa shape index (κ3) is 3.14. The van der Waals surface area contributed by atoms with Crippen LogP contribution in [-0.4, -0.2) is 19.7 Å². The molecule has 4 rings (SSSR count). The molecule has 2 aromatic rings. The average Bonchev–Trinajstić information content (AvgIpc) is 2.62. The van der Waals surface area contributed by atoms with Gasteiger partial charge < -0.3 is 15.4 Å². The first-order chi connectivity index (χ1) is 12.2. The van der Waals surface area contributed by atoms with Crippen LogP contribution < -0.4 is 10.6 Å². The van der Waals surface area contributed by atoms with Gasteiger partial charge in [0, 0.05) is 23.0 Å². The van der Waals surface area contributed by atoms with Gasteiger partial charge in [-0.05, 0) is 37.6 Å². The fourth-order valence-corrected chi connectivity index (χ4v) is 4.37. The van der Waals surface area contributed by atoms with Crippen molar-refractivity contribution >= 4 is 17.3 Å². The maximum atomic E-state index is 14.6. The van der Waals surface area contributed by atoms with Crippen LogP contribution in [-0.2, 0) is 4.74 Å². The molecule has 0 saturated carbocycles. The van der Waals surface area contributed by atoms with Crippen LogP contribution in [0.4, 0.5) is 10.1 Å². The molecule has 2 N–H and O–H groups in total. The van der Waals surface area contributed by atoms with Crippen LogP contribution in [0.3, 0.4) is 0 Å². The highest BCUT2D eigenvalue weighted by molar-refractivity contribution is 6.30. The molecule has 0 spiro atoms. The summed E-state index contributed by atoms with van der Waals surface area (Å²) < 4.78 is 21.0. The van der Waals surface area contributed by atoms with Crippen molar-refractivity contribution in [2.75, 3.05) is 18.9 Å². The van der Waals surface area contributed by atoms with Crippen LogP contribution in [0.2, 0.25) is 5.02 Å². The van der Waals surface area contributed by atoms with Crippen molar-refractivity contribution in [1.29, 1.82) is 0 Å². The summed E-state index contributed by atoms with van der Waals surface area (Å²) in [6.07, 6.45) is 2.00.